The molecule has 0 aliphatic heterocycles. The van der Waals surface area contributed by atoms with E-state index in [2.05, 4.69) is 21.2 Å². The zero-order chi connectivity index (χ0) is 15.4. The highest BCUT2D eigenvalue weighted by atomic mass is 79.9. The van der Waals surface area contributed by atoms with E-state index in [-0.39, 0.29) is 23.6 Å². The smallest absolute Gasteiger partial charge is 0.337 e. The summed E-state index contributed by atoms with van der Waals surface area (Å²) in [7, 11) is 0. The van der Waals surface area contributed by atoms with E-state index in [0.717, 1.165) is 0 Å². The van der Waals surface area contributed by atoms with E-state index in [1.54, 1.807) is 30.1 Å². The summed E-state index contributed by atoms with van der Waals surface area (Å²) in [6, 6.07) is 0. The average Bonchev–Trinajstić information content (AvgIpc) is 2.41. The van der Waals surface area contributed by atoms with Gasteiger partial charge in [-0.2, -0.15) is 0 Å². The minimum Gasteiger partial charge on any atom is -0.478 e. The maximum Gasteiger partial charge on any atom is 0.337 e. The molecule has 0 spiro atoms. The van der Waals surface area contributed by atoms with Gasteiger partial charge in [-0.15, -0.1) is 0 Å². The van der Waals surface area contributed by atoms with Gasteiger partial charge in [0.1, 0.15) is 0 Å². The average molecular weight is 340 g/mol. The van der Waals surface area contributed by atoms with Gasteiger partial charge in [0.25, 0.3) is 0 Å². The maximum absolute atomic E-state index is 11.7. The van der Waals surface area contributed by atoms with Crippen molar-refractivity contribution in [3.63, 3.8) is 0 Å². The van der Waals surface area contributed by atoms with Crippen LogP contribution in [0.3, 0.4) is 0 Å². The van der Waals surface area contributed by atoms with Crippen LogP contribution < -0.4 is 5.32 Å². The Labute approximate surface area is 127 Å². The number of aliphatic carboxylic acids is 1. The number of carboxylic acid groups (broad SMARTS) is 1. The Morgan fingerprint density at radius 3 is 2.40 bits per heavy atom. The van der Waals surface area contributed by atoms with Crippen molar-refractivity contribution in [1.82, 2.24) is 5.32 Å². The Bertz CT molecular complexity index is 485. The topological polar surface area (TPSA) is 66.4 Å². The van der Waals surface area contributed by atoms with Crippen LogP contribution in [0, 0.1) is 0 Å². The van der Waals surface area contributed by atoms with E-state index in [1.165, 1.54) is 12.2 Å². The van der Waals surface area contributed by atoms with Gasteiger partial charge in [0.05, 0.1) is 11.3 Å². The van der Waals surface area contributed by atoms with Gasteiger partial charge in [-0.1, -0.05) is 52.4 Å². The fourth-order valence-corrected chi connectivity index (χ4v) is 1.44. The summed E-state index contributed by atoms with van der Waals surface area (Å²) in [6.45, 7) is 3.48. The summed E-state index contributed by atoms with van der Waals surface area (Å²) in [4.78, 5) is 24.4. The number of amides is 1. The highest BCUT2D eigenvalue weighted by Crippen LogP contribution is 2.08. The van der Waals surface area contributed by atoms with Crippen molar-refractivity contribution in [3.8, 4) is 0 Å². The molecule has 0 saturated carbocycles. The number of rotatable bonds is 7. The molecule has 0 heterocycles. The SMILES string of the molecule is C/C=C\C=C/CC(=O)NC(=C/C=C/Br)/C(=C\C)C(=O)O. The van der Waals surface area contributed by atoms with Crippen LogP contribution in [-0.2, 0) is 9.59 Å². The number of carbonyl (C=O) groups is 2. The Hall–Kier alpha value is -1.88. The number of allylic oxidation sites excluding steroid dienone is 6. The monoisotopic (exact) mass is 339 g/mol. The largest absolute Gasteiger partial charge is 0.478 e. The first-order chi connectivity index (χ1) is 9.56. The molecule has 0 fully saturated rings. The standard InChI is InChI=1S/C15H18BrNO3/c1-3-5-6-7-10-14(18)17-13(9-8-11-16)12(4-2)15(19)20/h3-9,11H,10H2,1-2H3,(H,17,18)(H,19,20)/b5-3-,7-6-,11-8+,12-4+,13-9+. The van der Waals surface area contributed by atoms with Crippen molar-refractivity contribution < 1.29 is 14.7 Å². The van der Waals surface area contributed by atoms with Crippen LogP contribution in [-0.4, -0.2) is 17.0 Å². The fourth-order valence-electron chi connectivity index (χ4n) is 1.29. The predicted octanol–water partition coefficient (Wildman–Crippen LogP) is 3.45. The lowest BCUT2D eigenvalue weighted by molar-refractivity contribution is -0.132. The van der Waals surface area contributed by atoms with Crippen LogP contribution in [0.5, 0.6) is 0 Å². The molecule has 0 aromatic heterocycles. The van der Waals surface area contributed by atoms with E-state index in [9.17, 15) is 9.59 Å². The molecule has 0 aromatic rings. The van der Waals surface area contributed by atoms with E-state index in [1.807, 2.05) is 19.1 Å². The van der Waals surface area contributed by atoms with Gasteiger partial charge in [-0.3, -0.25) is 4.79 Å². The van der Waals surface area contributed by atoms with Crippen molar-refractivity contribution >= 4 is 27.8 Å². The Morgan fingerprint density at radius 1 is 1.20 bits per heavy atom. The number of carbonyl (C=O) groups excluding carboxylic acids is 1. The van der Waals surface area contributed by atoms with Crippen LogP contribution >= 0.6 is 15.9 Å². The van der Waals surface area contributed by atoms with Crippen LogP contribution in [0.2, 0.25) is 0 Å². The molecule has 2 N–H and O–H groups in total. The van der Waals surface area contributed by atoms with Crippen LogP contribution in [0.1, 0.15) is 20.3 Å². The first kappa shape index (κ1) is 18.1. The van der Waals surface area contributed by atoms with Crippen molar-refractivity contribution in [2.24, 2.45) is 0 Å². The molecule has 0 saturated heterocycles. The summed E-state index contributed by atoms with van der Waals surface area (Å²) in [5.41, 5.74) is 0.293. The molecule has 108 valence electrons. The zero-order valence-electron chi connectivity index (χ0n) is 11.5. The minimum atomic E-state index is -1.09. The first-order valence-corrected chi connectivity index (χ1v) is 6.93. The van der Waals surface area contributed by atoms with Gasteiger partial charge in [-0.05, 0) is 24.9 Å². The molecule has 0 aromatic carbocycles. The van der Waals surface area contributed by atoms with E-state index in [4.69, 9.17) is 5.11 Å². The molecule has 0 rings (SSSR count). The first-order valence-electron chi connectivity index (χ1n) is 6.01. The highest BCUT2D eigenvalue weighted by Gasteiger charge is 2.13. The van der Waals surface area contributed by atoms with Gasteiger partial charge in [0.2, 0.25) is 5.91 Å². The third kappa shape index (κ3) is 7.53. The normalized spacial score (nSPS) is 13.6. The van der Waals surface area contributed by atoms with Crippen LogP contribution in [0.4, 0.5) is 0 Å². The molecule has 0 aliphatic rings. The Kier molecular flexibility index (Phi) is 9.96. The molecule has 4 nitrogen and oxygen atoms in total. The number of hydrogen-bond donors (Lipinski definition) is 2. The van der Waals surface area contributed by atoms with E-state index in [0.29, 0.717) is 0 Å². The fraction of sp³-hybridized carbons (Fsp3) is 0.200. The molecule has 20 heavy (non-hydrogen) atoms. The summed E-state index contributed by atoms with van der Waals surface area (Å²) in [5.74, 6) is -1.37. The molecule has 0 radical (unpaired) electrons. The van der Waals surface area contributed by atoms with Gasteiger partial charge in [0, 0.05) is 6.42 Å². The van der Waals surface area contributed by atoms with Gasteiger partial charge < -0.3 is 10.4 Å². The molecule has 0 bridgehead atoms. The molecule has 0 unspecified atom stereocenters. The molecular weight excluding hydrogens is 322 g/mol. The van der Waals surface area contributed by atoms with Crippen LogP contribution in [0.25, 0.3) is 0 Å². The lowest BCUT2D eigenvalue weighted by atomic mass is 10.1. The number of hydrogen-bond acceptors (Lipinski definition) is 2. The predicted molar refractivity (Wildman–Crippen MR) is 84.3 cm³/mol. The number of carboxylic acids is 1. The second-order valence-electron chi connectivity index (χ2n) is 3.61. The quantitative estimate of drug-likeness (QED) is 0.551. The molecule has 1 amide bonds. The zero-order valence-corrected chi connectivity index (χ0v) is 13.1. The van der Waals surface area contributed by atoms with E-state index >= 15 is 0 Å². The number of halogens is 1. The highest BCUT2D eigenvalue weighted by molar-refractivity contribution is 9.11. The lowest BCUT2D eigenvalue weighted by Crippen LogP contribution is -2.25. The minimum absolute atomic E-state index is 0.0429. The van der Waals surface area contributed by atoms with E-state index < -0.39 is 5.97 Å². The summed E-state index contributed by atoms with van der Waals surface area (Å²) in [6.07, 6.45) is 11.8. The molecular formula is C15H18BrNO3. The van der Waals surface area contributed by atoms with Gasteiger partial charge >= 0.3 is 5.97 Å². The maximum atomic E-state index is 11.7. The molecule has 0 atom stereocenters. The second kappa shape index (κ2) is 11.0. The second-order valence-corrected chi connectivity index (χ2v) is 4.14. The van der Waals surface area contributed by atoms with Gasteiger partial charge in [0.15, 0.2) is 0 Å². The summed E-state index contributed by atoms with van der Waals surface area (Å²) >= 11 is 3.09. The van der Waals surface area contributed by atoms with Crippen molar-refractivity contribution in [2.45, 2.75) is 20.3 Å². The number of nitrogens with one attached hydrogen (secondary N) is 1. The molecule has 5 heteroatoms. The molecule has 0 aliphatic carbocycles. The third-order valence-corrected chi connectivity index (χ3v) is 2.47. The lowest BCUT2D eigenvalue weighted by Gasteiger charge is -2.09. The third-order valence-electron chi connectivity index (χ3n) is 2.16. The van der Waals surface area contributed by atoms with Crippen molar-refractivity contribution in [2.75, 3.05) is 0 Å². The Morgan fingerprint density at radius 2 is 1.90 bits per heavy atom. The van der Waals surface area contributed by atoms with Crippen molar-refractivity contribution in [3.05, 3.63) is 58.8 Å². The van der Waals surface area contributed by atoms with Crippen molar-refractivity contribution in [1.29, 1.82) is 0 Å². The van der Waals surface area contributed by atoms with Gasteiger partial charge in [-0.25, -0.2) is 4.79 Å². The Balaban J connectivity index is 4.92. The summed E-state index contributed by atoms with van der Waals surface area (Å²) < 4.78 is 0. The summed E-state index contributed by atoms with van der Waals surface area (Å²) in [5, 5.41) is 11.7. The van der Waals surface area contributed by atoms with Crippen LogP contribution in [0.15, 0.2) is 58.8 Å².